The highest BCUT2D eigenvalue weighted by Gasteiger charge is 2.23. The Morgan fingerprint density at radius 2 is 1.75 bits per heavy atom. The third-order valence-corrected chi connectivity index (χ3v) is 2.97. The van der Waals surface area contributed by atoms with Crippen LogP contribution in [-0.4, -0.2) is 12.9 Å². The van der Waals surface area contributed by atoms with Crippen molar-refractivity contribution in [1.82, 2.24) is 0 Å². The monoisotopic (exact) mass is 300 g/mol. The van der Waals surface area contributed by atoms with Gasteiger partial charge < -0.3 is 4.74 Å². The molecule has 0 radical (unpaired) electrons. The molecule has 0 amide bonds. The molecule has 0 aromatic heterocycles. The summed E-state index contributed by atoms with van der Waals surface area (Å²) in [5, 5.41) is -0.301. The van der Waals surface area contributed by atoms with Crippen LogP contribution in [0.3, 0.4) is 0 Å². The van der Waals surface area contributed by atoms with Crippen molar-refractivity contribution in [1.29, 1.82) is 0 Å². The van der Waals surface area contributed by atoms with E-state index in [0.29, 0.717) is 0 Å². The van der Waals surface area contributed by atoms with Gasteiger partial charge in [-0.2, -0.15) is 0 Å². The van der Waals surface area contributed by atoms with Gasteiger partial charge in [-0.25, -0.2) is 13.2 Å². The van der Waals surface area contributed by atoms with E-state index in [1.807, 2.05) is 0 Å². The summed E-state index contributed by atoms with van der Waals surface area (Å²) in [5.41, 5.74) is -1.35. The van der Waals surface area contributed by atoms with Gasteiger partial charge in [-0.05, 0) is 12.1 Å². The molecular weight excluding hydrogens is 293 g/mol. The first-order valence-electron chi connectivity index (χ1n) is 5.47. The van der Waals surface area contributed by atoms with Gasteiger partial charge >= 0.3 is 0 Å². The van der Waals surface area contributed by atoms with E-state index in [1.54, 1.807) is 0 Å². The molecule has 0 saturated heterocycles. The lowest BCUT2D eigenvalue weighted by molar-refractivity contribution is 0.102. The van der Waals surface area contributed by atoms with Crippen molar-refractivity contribution < 1.29 is 22.7 Å². The number of ether oxygens (including phenoxy) is 1. The van der Waals surface area contributed by atoms with Gasteiger partial charge in [0.15, 0.2) is 5.82 Å². The van der Waals surface area contributed by atoms with E-state index >= 15 is 0 Å². The first kappa shape index (κ1) is 14.4. The van der Waals surface area contributed by atoms with Crippen LogP contribution in [-0.2, 0) is 0 Å². The topological polar surface area (TPSA) is 26.3 Å². The predicted octanol–water partition coefficient (Wildman–Crippen LogP) is 4.00. The Hall–Kier alpha value is -2.01. The van der Waals surface area contributed by atoms with Crippen molar-refractivity contribution in [2.24, 2.45) is 0 Å². The molecule has 2 nitrogen and oxygen atoms in total. The standard InChI is InChI=1S/C14H8ClF3O2/c1-20-7-5-10(16)12(11(17)6-7)14(19)8-3-2-4-9(15)13(8)18/h2-6H,1H3. The third-order valence-electron chi connectivity index (χ3n) is 2.67. The fourth-order valence-corrected chi connectivity index (χ4v) is 1.87. The Kier molecular flexibility index (Phi) is 3.99. The Labute approximate surface area is 117 Å². The quantitative estimate of drug-likeness (QED) is 0.801. The summed E-state index contributed by atoms with van der Waals surface area (Å²) in [6.07, 6.45) is 0. The van der Waals surface area contributed by atoms with Crippen LogP contribution in [0.1, 0.15) is 15.9 Å². The summed E-state index contributed by atoms with van der Waals surface area (Å²) in [4.78, 5) is 12.0. The second-order valence-electron chi connectivity index (χ2n) is 3.90. The predicted molar refractivity (Wildman–Crippen MR) is 67.8 cm³/mol. The van der Waals surface area contributed by atoms with E-state index in [9.17, 15) is 18.0 Å². The molecule has 0 bridgehead atoms. The molecule has 6 heteroatoms. The van der Waals surface area contributed by atoms with E-state index in [-0.39, 0.29) is 10.8 Å². The summed E-state index contributed by atoms with van der Waals surface area (Å²) in [7, 11) is 1.23. The van der Waals surface area contributed by atoms with Gasteiger partial charge in [0.2, 0.25) is 5.78 Å². The maximum Gasteiger partial charge on any atom is 0.201 e. The van der Waals surface area contributed by atoms with Gasteiger partial charge in [0, 0.05) is 12.1 Å². The smallest absolute Gasteiger partial charge is 0.201 e. The van der Waals surface area contributed by atoms with E-state index in [0.717, 1.165) is 18.2 Å². The molecule has 2 aromatic rings. The number of methoxy groups -OCH3 is 1. The molecule has 0 fully saturated rings. The number of rotatable bonds is 3. The highest BCUT2D eigenvalue weighted by molar-refractivity contribution is 6.31. The number of hydrogen-bond acceptors (Lipinski definition) is 2. The van der Waals surface area contributed by atoms with Crippen LogP contribution in [0.25, 0.3) is 0 Å². The largest absolute Gasteiger partial charge is 0.497 e. The molecule has 0 aliphatic heterocycles. The van der Waals surface area contributed by atoms with Gasteiger partial charge in [0.1, 0.15) is 17.4 Å². The first-order valence-corrected chi connectivity index (χ1v) is 5.85. The second kappa shape index (κ2) is 5.54. The second-order valence-corrected chi connectivity index (χ2v) is 4.30. The van der Waals surface area contributed by atoms with E-state index in [2.05, 4.69) is 4.74 Å². The number of benzene rings is 2. The van der Waals surface area contributed by atoms with Crippen LogP contribution in [0, 0.1) is 17.5 Å². The van der Waals surface area contributed by atoms with E-state index in [4.69, 9.17) is 11.6 Å². The highest BCUT2D eigenvalue weighted by atomic mass is 35.5. The number of ketones is 1. The van der Waals surface area contributed by atoms with E-state index < -0.39 is 34.4 Å². The minimum atomic E-state index is -1.13. The zero-order valence-electron chi connectivity index (χ0n) is 10.2. The lowest BCUT2D eigenvalue weighted by Gasteiger charge is -2.08. The molecular formula is C14H8ClF3O2. The van der Waals surface area contributed by atoms with Crippen molar-refractivity contribution in [3.8, 4) is 5.75 Å². The average Bonchev–Trinajstić information content (AvgIpc) is 2.40. The van der Waals surface area contributed by atoms with Gasteiger partial charge in [0.05, 0.1) is 23.3 Å². The molecule has 2 aromatic carbocycles. The normalized spacial score (nSPS) is 10.4. The minimum Gasteiger partial charge on any atom is -0.497 e. The Balaban J connectivity index is 2.57. The van der Waals surface area contributed by atoms with Crippen LogP contribution in [0.2, 0.25) is 5.02 Å². The van der Waals surface area contributed by atoms with Crippen molar-refractivity contribution in [2.75, 3.05) is 7.11 Å². The highest BCUT2D eigenvalue weighted by Crippen LogP contribution is 2.26. The Bertz CT molecular complexity index is 663. The molecule has 0 spiro atoms. The van der Waals surface area contributed by atoms with Crippen LogP contribution in [0.5, 0.6) is 5.75 Å². The van der Waals surface area contributed by atoms with Gasteiger partial charge in [-0.15, -0.1) is 0 Å². The van der Waals surface area contributed by atoms with Crippen molar-refractivity contribution in [2.45, 2.75) is 0 Å². The SMILES string of the molecule is COc1cc(F)c(C(=O)c2cccc(Cl)c2F)c(F)c1. The summed E-state index contributed by atoms with van der Waals surface area (Å²) in [5.74, 6) is -4.49. The molecule has 0 saturated carbocycles. The van der Waals surface area contributed by atoms with Gasteiger partial charge in [-0.3, -0.25) is 4.79 Å². The molecule has 0 atom stereocenters. The zero-order valence-corrected chi connectivity index (χ0v) is 11.0. The summed E-state index contributed by atoms with van der Waals surface area (Å²) < 4.78 is 45.9. The third kappa shape index (κ3) is 2.49. The lowest BCUT2D eigenvalue weighted by atomic mass is 10.0. The van der Waals surface area contributed by atoms with Crippen LogP contribution in [0.4, 0.5) is 13.2 Å². The van der Waals surface area contributed by atoms with Crippen molar-refractivity contribution >= 4 is 17.4 Å². The zero-order chi connectivity index (χ0) is 14.9. The number of carbonyl (C=O) groups excluding carboxylic acids is 1. The molecule has 0 aliphatic rings. The number of carbonyl (C=O) groups is 1. The van der Waals surface area contributed by atoms with Gasteiger partial charge in [0.25, 0.3) is 0 Å². The molecule has 0 N–H and O–H groups in total. The first-order chi connectivity index (χ1) is 9.45. The average molecular weight is 301 g/mol. The molecule has 2 rings (SSSR count). The fraction of sp³-hybridized carbons (Fsp3) is 0.0714. The van der Waals surface area contributed by atoms with Crippen LogP contribution >= 0.6 is 11.6 Å². The van der Waals surface area contributed by atoms with Crippen LogP contribution < -0.4 is 4.74 Å². The molecule has 0 aliphatic carbocycles. The lowest BCUT2D eigenvalue weighted by Crippen LogP contribution is -2.10. The summed E-state index contributed by atoms with van der Waals surface area (Å²) in [6.45, 7) is 0. The Morgan fingerprint density at radius 1 is 1.15 bits per heavy atom. The van der Waals surface area contributed by atoms with Crippen LogP contribution in [0.15, 0.2) is 30.3 Å². The number of hydrogen-bond donors (Lipinski definition) is 0. The van der Waals surface area contributed by atoms with Crippen molar-refractivity contribution in [3.05, 3.63) is 63.9 Å². The van der Waals surface area contributed by atoms with E-state index in [1.165, 1.54) is 19.2 Å². The molecule has 0 heterocycles. The molecule has 0 unspecified atom stereocenters. The summed E-state index contributed by atoms with van der Waals surface area (Å²) in [6, 6.07) is 5.34. The van der Waals surface area contributed by atoms with Gasteiger partial charge in [-0.1, -0.05) is 17.7 Å². The Morgan fingerprint density at radius 3 is 2.30 bits per heavy atom. The summed E-state index contributed by atoms with van der Waals surface area (Å²) >= 11 is 5.54. The van der Waals surface area contributed by atoms with Crippen molar-refractivity contribution in [3.63, 3.8) is 0 Å². The maximum atomic E-state index is 13.8. The molecule has 20 heavy (non-hydrogen) atoms. The number of halogens is 4. The molecule has 104 valence electrons. The minimum absolute atomic E-state index is 0.0804. The fourth-order valence-electron chi connectivity index (χ4n) is 1.70. The maximum absolute atomic E-state index is 13.8.